The maximum atomic E-state index is 13.1. The number of amides is 1. The number of nitrogens with one attached hydrogen (secondary N) is 1. The fourth-order valence-electron chi connectivity index (χ4n) is 3.31. The van der Waals surface area contributed by atoms with Crippen LogP contribution in [0.1, 0.15) is 23.0 Å². The molecule has 13 heteroatoms. The molecule has 2 aromatic carbocycles. The number of hydrogen-bond acceptors (Lipinski definition) is 11. The lowest BCUT2D eigenvalue weighted by Crippen LogP contribution is -2.19. The quantitative estimate of drug-likeness (QED) is 0.269. The minimum absolute atomic E-state index is 0.0211. The van der Waals surface area contributed by atoms with E-state index in [2.05, 4.69) is 31.2 Å². The predicted octanol–water partition coefficient (Wildman–Crippen LogP) is 2.08. The van der Waals surface area contributed by atoms with Crippen molar-refractivity contribution in [3.05, 3.63) is 53.7 Å². The van der Waals surface area contributed by atoms with Crippen molar-refractivity contribution in [2.75, 3.05) is 26.6 Å². The summed E-state index contributed by atoms with van der Waals surface area (Å²) in [6.07, 6.45) is 1.43. The van der Waals surface area contributed by atoms with E-state index in [1.807, 2.05) is 6.92 Å². The Hall–Kier alpha value is -4.94. The summed E-state index contributed by atoms with van der Waals surface area (Å²) in [6, 6.07) is 12.4. The second-order valence-electron chi connectivity index (χ2n) is 6.91. The Morgan fingerprint density at radius 2 is 2.03 bits per heavy atom. The van der Waals surface area contributed by atoms with Gasteiger partial charge in [0.25, 0.3) is 5.91 Å². The van der Waals surface area contributed by atoms with Gasteiger partial charge in [0.2, 0.25) is 11.6 Å². The van der Waals surface area contributed by atoms with Crippen LogP contribution in [0.15, 0.2) is 52.2 Å². The molecule has 0 aliphatic heterocycles. The van der Waals surface area contributed by atoms with Crippen molar-refractivity contribution in [2.24, 2.45) is 5.10 Å². The largest absolute Gasteiger partial charge is 0.494 e. The van der Waals surface area contributed by atoms with Crippen molar-refractivity contribution in [1.82, 2.24) is 30.7 Å². The molecule has 2 heterocycles. The molecule has 35 heavy (non-hydrogen) atoms. The average Bonchev–Trinajstić information content (AvgIpc) is 3.50. The van der Waals surface area contributed by atoms with Gasteiger partial charge in [-0.25, -0.2) is 10.1 Å². The number of hydrogen-bond donors (Lipinski definition) is 2. The normalized spacial score (nSPS) is 10.9. The minimum Gasteiger partial charge on any atom is -0.494 e. The number of nitrogen functional groups attached to an aromatic ring is 1. The van der Waals surface area contributed by atoms with E-state index < -0.39 is 5.91 Å². The number of carbonyl (C=O) groups excluding carboxylic acids is 1. The molecular weight excluding hydrogens is 456 g/mol. The highest BCUT2D eigenvalue weighted by Gasteiger charge is 2.25. The smallest absolute Gasteiger partial charge is 0.294 e. The van der Waals surface area contributed by atoms with E-state index in [9.17, 15) is 4.79 Å². The molecule has 0 radical (unpaired) electrons. The first-order valence-electron chi connectivity index (χ1n) is 10.4. The van der Waals surface area contributed by atoms with Gasteiger partial charge < -0.3 is 19.9 Å². The van der Waals surface area contributed by atoms with Crippen molar-refractivity contribution in [1.29, 1.82) is 0 Å². The Morgan fingerprint density at radius 1 is 1.20 bits per heavy atom. The lowest BCUT2D eigenvalue weighted by atomic mass is 10.1. The first-order valence-corrected chi connectivity index (χ1v) is 10.4. The van der Waals surface area contributed by atoms with Gasteiger partial charge >= 0.3 is 0 Å². The van der Waals surface area contributed by atoms with Crippen LogP contribution in [-0.4, -0.2) is 58.3 Å². The number of nitrogens with zero attached hydrogens (tertiary/aromatic N) is 6. The molecule has 0 fully saturated rings. The first-order chi connectivity index (χ1) is 17.1. The topological polar surface area (TPSA) is 165 Å². The molecule has 0 saturated carbocycles. The van der Waals surface area contributed by atoms with Crippen LogP contribution in [0.5, 0.6) is 17.2 Å². The van der Waals surface area contributed by atoms with Crippen LogP contribution in [0, 0.1) is 0 Å². The molecule has 4 rings (SSSR count). The summed E-state index contributed by atoms with van der Waals surface area (Å²) in [5.74, 6) is 1.03. The van der Waals surface area contributed by atoms with Gasteiger partial charge in [-0.15, -0.1) is 5.10 Å². The van der Waals surface area contributed by atoms with Crippen LogP contribution >= 0.6 is 0 Å². The van der Waals surface area contributed by atoms with Gasteiger partial charge in [-0.3, -0.25) is 4.79 Å². The average molecular weight is 478 g/mol. The molecule has 0 aliphatic carbocycles. The molecule has 180 valence electrons. The summed E-state index contributed by atoms with van der Waals surface area (Å²) in [5, 5.41) is 19.5. The maximum Gasteiger partial charge on any atom is 0.294 e. The number of para-hydroxylation sites is 1. The highest BCUT2D eigenvalue weighted by Crippen LogP contribution is 2.30. The number of aromatic nitrogens is 5. The number of ether oxygens (including phenoxy) is 3. The molecule has 1 amide bonds. The highest BCUT2D eigenvalue weighted by molar-refractivity contribution is 5.99. The summed E-state index contributed by atoms with van der Waals surface area (Å²) in [6.45, 7) is 2.34. The molecule has 4 aromatic rings. The molecule has 13 nitrogen and oxygen atoms in total. The Morgan fingerprint density at radius 3 is 2.74 bits per heavy atom. The van der Waals surface area contributed by atoms with E-state index in [4.69, 9.17) is 24.6 Å². The number of benzene rings is 2. The van der Waals surface area contributed by atoms with Gasteiger partial charge in [0.15, 0.2) is 17.2 Å². The number of nitrogens with two attached hydrogens (primary N) is 1. The van der Waals surface area contributed by atoms with Gasteiger partial charge in [-0.1, -0.05) is 23.4 Å². The van der Waals surface area contributed by atoms with Crippen LogP contribution in [0.2, 0.25) is 0 Å². The zero-order chi connectivity index (χ0) is 24.8. The second-order valence-corrected chi connectivity index (χ2v) is 6.91. The van der Waals surface area contributed by atoms with Crippen molar-refractivity contribution in [2.45, 2.75) is 6.92 Å². The lowest BCUT2D eigenvalue weighted by Gasteiger charge is -2.09. The van der Waals surface area contributed by atoms with E-state index >= 15 is 0 Å². The number of rotatable bonds is 9. The number of anilines is 1. The Labute approximate surface area is 199 Å². The number of hydrazone groups is 1. The molecular formula is C22H22N8O5. The number of carbonyl (C=O) groups is 1. The fraction of sp³-hybridized carbons (Fsp3) is 0.182. The summed E-state index contributed by atoms with van der Waals surface area (Å²) >= 11 is 0. The van der Waals surface area contributed by atoms with Gasteiger partial charge in [-0.2, -0.15) is 9.78 Å². The van der Waals surface area contributed by atoms with Gasteiger partial charge in [0.1, 0.15) is 11.4 Å². The van der Waals surface area contributed by atoms with Gasteiger partial charge in [0.05, 0.1) is 27.0 Å². The SMILES string of the molecule is CCOc1cccc(-c2c(C(=O)N/N=C/c3cccc(OC)c3OC)nnn2-c2nonc2N)c1. The summed E-state index contributed by atoms with van der Waals surface area (Å²) in [5.41, 5.74) is 9.74. The summed E-state index contributed by atoms with van der Waals surface area (Å²) < 4.78 is 22.2. The predicted molar refractivity (Wildman–Crippen MR) is 125 cm³/mol. The first kappa shape index (κ1) is 23.2. The van der Waals surface area contributed by atoms with Crippen LogP contribution in [0.4, 0.5) is 5.82 Å². The monoisotopic (exact) mass is 478 g/mol. The second kappa shape index (κ2) is 10.3. The van der Waals surface area contributed by atoms with E-state index in [-0.39, 0.29) is 17.3 Å². The molecule has 0 bridgehead atoms. The van der Waals surface area contributed by atoms with Crippen LogP contribution in [0.3, 0.4) is 0 Å². The molecule has 0 saturated heterocycles. The maximum absolute atomic E-state index is 13.1. The van der Waals surface area contributed by atoms with E-state index in [1.165, 1.54) is 25.1 Å². The van der Waals surface area contributed by atoms with Gasteiger partial charge in [0, 0.05) is 11.1 Å². The molecule has 2 aromatic heterocycles. The Balaban J connectivity index is 1.69. The van der Waals surface area contributed by atoms with E-state index in [0.717, 1.165) is 0 Å². The van der Waals surface area contributed by atoms with Crippen LogP contribution in [0.25, 0.3) is 17.1 Å². The Kier molecular flexibility index (Phi) is 6.86. The highest BCUT2D eigenvalue weighted by atomic mass is 16.6. The number of methoxy groups -OCH3 is 2. The van der Waals surface area contributed by atoms with Gasteiger partial charge in [-0.05, 0) is 41.5 Å². The van der Waals surface area contributed by atoms with Crippen LogP contribution < -0.4 is 25.4 Å². The molecule has 0 unspecified atom stereocenters. The lowest BCUT2D eigenvalue weighted by molar-refractivity contribution is 0.0950. The summed E-state index contributed by atoms with van der Waals surface area (Å²) in [4.78, 5) is 13.1. The Bertz CT molecular complexity index is 1360. The fourth-order valence-corrected chi connectivity index (χ4v) is 3.31. The standard InChI is InChI=1S/C22H22N8O5/c1-4-34-15-9-5-7-13(11-15)18-17(25-29-30(18)21-20(23)27-35-28-21)22(31)26-24-12-14-8-6-10-16(32-2)19(14)33-3/h5-12H,4H2,1-3H3,(H2,23,27)(H,26,31)/b24-12+. The van der Waals surface area contributed by atoms with E-state index in [0.29, 0.717) is 40.7 Å². The summed E-state index contributed by atoms with van der Waals surface area (Å²) in [7, 11) is 3.04. The molecule has 3 N–H and O–H groups in total. The van der Waals surface area contributed by atoms with E-state index in [1.54, 1.807) is 42.5 Å². The third-order valence-electron chi connectivity index (χ3n) is 4.80. The molecule has 0 aliphatic rings. The minimum atomic E-state index is -0.624. The molecule has 0 atom stereocenters. The third-order valence-corrected chi connectivity index (χ3v) is 4.80. The molecule has 0 spiro atoms. The zero-order valence-electron chi connectivity index (χ0n) is 19.1. The zero-order valence-corrected chi connectivity index (χ0v) is 19.1. The third kappa shape index (κ3) is 4.73. The van der Waals surface area contributed by atoms with Crippen molar-refractivity contribution in [3.63, 3.8) is 0 Å². The van der Waals surface area contributed by atoms with Crippen molar-refractivity contribution < 1.29 is 23.6 Å². The van der Waals surface area contributed by atoms with Crippen LogP contribution in [-0.2, 0) is 0 Å². The van der Waals surface area contributed by atoms with Crippen molar-refractivity contribution >= 4 is 17.9 Å². The van der Waals surface area contributed by atoms with Crippen molar-refractivity contribution in [3.8, 4) is 34.3 Å².